The largest absolute Gasteiger partial charge is 0.475 e. The van der Waals surface area contributed by atoms with Crippen LogP contribution in [0.25, 0.3) is 10.8 Å². The SMILES string of the molecule is CC(C)C[C@H](NC(=O)N1C[C@H](c2ccccc2)[C@@H]([N+](=O)[O-])[C@H]1c1cccc2ccccc12)B(O)O. The Bertz CT molecular complexity index is 1180. The molecule has 182 valence electrons. The van der Waals surface area contributed by atoms with Gasteiger partial charge in [0.05, 0.1) is 11.9 Å². The van der Waals surface area contributed by atoms with Crippen molar-refractivity contribution >= 4 is 23.9 Å². The molecule has 0 bridgehead atoms. The smallest absolute Gasteiger partial charge is 0.426 e. The van der Waals surface area contributed by atoms with Crippen molar-refractivity contribution in [2.45, 2.75) is 44.2 Å². The predicted octanol–water partition coefficient (Wildman–Crippen LogP) is 3.76. The number of likely N-dealkylation sites (tertiary alicyclic amines) is 1. The van der Waals surface area contributed by atoms with Gasteiger partial charge in [-0.05, 0) is 34.2 Å². The molecule has 0 radical (unpaired) electrons. The van der Waals surface area contributed by atoms with E-state index in [1.807, 2.05) is 86.6 Å². The van der Waals surface area contributed by atoms with E-state index in [2.05, 4.69) is 5.32 Å². The number of hydrogen-bond acceptors (Lipinski definition) is 5. The van der Waals surface area contributed by atoms with Gasteiger partial charge in [0.1, 0.15) is 6.04 Å². The van der Waals surface area contributed by atoms with Crippen molar-refractivity contribution in [1.82, 2.24) is 10.2 Å². The summed E-state index contributed by atoms with van der Waals surface area (Å²) >= 11 is 0. The third-order valence-electron chi connectivity index (χ3n) is 6.73. The highest BCUT2D eigenvalue weighted by Crippen LogP contribution is 2.44. The van der Waals surface area contributed by atoms with Crippen molar-refractivity contribution in [3.63, 3.8) is 0 Å². The van der Waals surface area contributed by atoms with Crippen LogP contribution in [0.15, 0.2) is 72.8 Å². The summed E-state index contributed by atoms with van der Waals surface area (Å²) < 4.78 is 0. The zero-order valence-electron chi connectivity index (χ0n) is 19.8. The Morgan fingerprint density at radius 2 is 1.74 bits per heavy atom. The van der Waals surface area contributed by atoms with Crippen molar-refractivity contribution < 1.29 is 19.8 Å². The fraction of sp³-hybridized carbons (Fsp3) is 0.346. The number of urea groups is 1. The summed E-state index contributed by atoms with van der Waals surface area (Å²) in [6.07, 6.45) is 0.358. The standard InChI is InChI=1S/C26H30BN3O5/c1-17(2)15-23(27(32)33)28-26(31)29-16-22(19-9-4-3-5-10-19)25(30(34)35)24(29)21-14-8-12-18-11-6-7-13-20(18)21/h3-14,17,22-25,32-33H,15-16H2,1-2H3,(H,28,31)/t22-,23+,24-,25-/m1/s1. The van der Waals surface area contributed by atoms with E-state index in [4.69, 9.17) is 0 Å². The van der Waals surface area contributed by atoms with Gasteiger partial charge in [0.2, 0.25) is 6.04 Å². The molecule has 1 heterocycles. The number of nitrogens with one attached hydrogen (secondary N) is 1. The van der Waals surface area contributed by atoms with Crippen LogP contribution >= 0.6 is 0 Å². The minimum absolute atomic E-state index is 0.109. The molecular formula is C26H30BN3O5. The molecule has 8 nitrogen and oxygen atoms in total. The zero-order valence-corrected chi connectivity index (χ0v) is 19.8. The summed E-state index contributed by atoms with van der Waals surface area (Å²) in [7, 11) is -1.74. The summed E-state index contributed by atoms with van der Waals surface area (Å²) in [6, 6.07) is 20.0. The molecule has 3 N–H and O–H groups in total. The quantitative estimate of drug-likeness (QED) is 0.273. The van der Waals surface area contributed by atoms with E-state index in [9.17, 15) is 25.0 Å². The molecule has 1 aliphatic rings. The lowest BCUT2D eigenvalue weighted by Crippen LogP contribution is -2.52. The fourth-order valence-electron chi connectivity index (χ4n) is 5.18. The Labute approximate surface area is 204 Å². The molecule has 4 atom stereocenters. The monoisotopic (exact) mass is 475 g/mol. The van der Waals surface area contributed by atoms with Gasteiger partial charge < -0.3 is 20.3 Å². The van der Waals surface area contributed by atoms with E-state index < -0.39 is 37.1 Å². The van der Waals surface area contributed by atoms with Crippen LogP contribution in [0, 0.1) is 16.0 Å². The van der Waals surface area contributed by atoms with Crippen molar-refractivity contribution in [1.29, 1.82) is 0 Å². The second kappa shape index (κ2) is 10.5. The predicted molar refractivity (Wildman–Crippen MR) is 135 cm³/mol. The first-order valence-corrected chi connectivity index (χ1v) is 11.9. The van der Waals surface area contributed by atoms with Crippen LogP contribution < -0.4 is 5.32 Å². The summed E-state index contributed by atoms with van der Waals surface area (Å²) in [4.78, 5) is 27.3. The molecule has 1 saturated heterocycles. The number of fused-ring (bicyclic) bond motifs is 1. The first kappa shape index (κ1) is 24.7. The second-order valence-corrected chi connectivity index (χ2v) is 9.56. The number of benzene rings is 3. The van der Waals surface area contributed by atoms with E-state index in [1.165, 1.54) is 4.90 Å². The number of amides is 2. The molecule has 0 aromatic heterocycles. The highest BCUT2D eigenvalue weighted by molar-refractivity contribution is 6.43. The molecule has 4 rings (SSSR count). The van der Waals surface area contributed by atoms with Gasteiger partial charge in [0.15, 0.2) is 0 Å². The topological polar surface area (TPSA) is 116 Å². The minimum atomic E-state index is -1.74. The first-order chi connectivity index (χ1) is 16.8. The minimum Gasteiger partial charge on any atom is -0.426 e. The van der Waals surface area contributed by atoms with Crippen molar-refractivity contribution in [3.8, 4) is 0 Å². The van der Waals surface area contributed by atoms with E-state index in [-0.39, 0.29) is 17.4 Å². The highest BCUT2D eigenvalue weighted by Gasteiger charge is 2.53. The molecule has 3 aromatic rings. The van der Waals surface area contributed by atoms with E-state index in [1.54, 1.807) is 0 Å². The van der Waals surface area contributed by atoms with Gasteiger partial charge in [0.25, 0.3) is 0 Å². The Balaban J connectivity index is 1.80. The number of carbonyl (C=O) groups is 1. The van der Waals surface area contributed by atoms with Crippen LogP contribution in [0.5, 0.6) is 0 Å². The lowest BCUT2D eigenvalue weighted by Gasteiger charge is -2.29. The maximum Gasteiger partial charge on any atom is 0.475 e. The number of carbonyl (C=O) groups excluding carboxylic acids is 1. The Morgan fingerprint density at radius 1 is 1.09 bits per heavy atom. The van der Waals surface area contributed by atoms with E-state index >= 15 is 0 Å². The number of nitro groups is 1. The number of rotatable bonds is 7. The number of hydrogen-bond donors (Lipinski definition) is 3. The summed E-state index contributed by atoms with van der Waals surface area (Å²) in [5.41, 5.74) is 1.49. The van der Waals surface area contributed by atoms with Gasteiger partial charge in [0, 0.05) is 11.5 Å². The van der Waals surface area contributed by atoms with Crippen LogP contribution in [0.1, 0.15) is 43.4 Å². The molecular weight excluding hydrogens is 445 g/mol. The average Bonchev–Trinajstić information content (AvgIpc) is 3.24. The molecule has 1 aliphatic heterocycles. The fourth-order valence-corrected chi connectivity index (χ4v) is 5.18. The molecule has 0 unspecified atom stereocenters. The third-order valence-corrected chi connectivity index (χ3v) is 6.73. The summed E-state index contributed by atoms with van der Waals surface area (Å²) in [6.45, 7) is 3.97. The Hall–Kier alpha value is -3.43. The summed E-state index contributed by atoms with van der Waals surface area (Å²) in [5.74, 6) is -1.30. The van der Waals surface area contributed by atoms with Crippen molar-refractivity contribution in [3.05, 3.63) is 94.0 Å². The molecule has 3 aromatic carbocycles. The molecule has 35 heavy (non-hydrogen) atoms. The van der Waals surface area contributed by atoms with E-state index in [0.717, 1.165) is 16.3 Å². The van der Waals surface area contributed by atoms with Crippen LogP contribution in [0.3, 0.4) is 0 Å². The maximum atomic E-state index is 13.6. The zero-order chi connectivity index (χ0) is 25.1. The van der Waals surface area contributed by atoms with Gasteiger partial charge in [-0.15, -0.1) is 0 Å². The lowest BCUT2D eigenvalue weighted by molar-refractivity contribution is -0.528. The Kier molecular flexibility index (Phi) is 7.38. The van der Waals surface area contributed by atoms with Crippen molar-refractivity contribution in [2.24, 2.45) is 5.92 Å². The lowest BCUT2D eigenvalue weighted by atomic mass is 9.75. The molecule has 2 amide bonds. The summed E-state index contributed by atoms with van der Waals surface area (Å²) in [5, 5.41) is 36.7. The van der Waals surface area contributed by atoms with Crippen LogP contribution in [-0.2, 0) is 0 Å². The highest BCUT2D eigenvalue weighted by atomic mass is 16.6. The molecule has 1 fully saturated rings. The average molecular weight is 475 g/mol. The van der Waals surface area contributed by atoms with Crippen molar-refractivity contribution in [2.75, 3.05) is 6.54 Å². The second-order valence-electron chi connectivity index (χ2n) is 9.56. The van der Waals surface area contributed by atoms with Gasteiger partial charge in [-0.3, -0.25) is 10.1 Å². The van der Waals surface area contributed by atoms with E-state index in [0.29, 0.717) is 12.0 Å². The molecule has 0 aliphatic carbocycles. The van der Waals surface area contributed by atoms with Gasteiger partial charge >= 0.3 is 13.1 Å². The van der Waals surface area contributed by atoms with Gasteiger partial charge in [-0.2, -0.15) is 0 Å². The molecule has 9 heteroatoms. The molecule has 0 saturated carbocycles. The number of nitrogens with zero attached hydrogens (tertiary/aromatic N) is 2. The molecule has 0 spiro atoms. The Morgan fingerprint density at radius 3 is 2.40 bits per heavy atom. The normalized spacial score (nSPS) is 20.7. The third kappa shape index (κ3) is 5.16. The van der Waals surface area contributed by atoms with Crippen LogP contribution in [0.4, 0.5) is 4.79 Å². The maximum absolute atomic E-state index is 13.6. The van der Waals surface area contributed by atoms with Gasteiger partial charge in [-0.1, -0.05) is 86.6 Å². The van der Waals surface area contributed by atoms with Crippen LogP contribution in [-0.4, -0.2) is 51.5 Å². The first-order valence-electron chi connectivity index (χ1n) is 11.9. The van der Waals surface area contributed by atoms with Crippen LogP contribution in [0.2, 0.25) is 0 Å². The van der Waals surface area contributed by atoms with Gasteiger partial charge in [-0.25, -0.2) is 4.79 Å².